The van der Waals surface area contributed by atoms with E-state index in [1.165, 1.54) is 26.3 Å². The Labute approximate surface area is 187 Å². The van der Waals surface area contributed by atoms with Crippen LogP contribution in [0.15, 0.2) is 35.7 Å². The summed E-state index contributed by atoms with van der Waals surface area (Å²) in [5, 5.41) is 6.25. The molecular weight excluding hydrogens is 412 g/mol. The van der Waals surface area contributed by atoms with Crippen LogP contribution in [0.25, 0.3) is 0 Å². The summed E-state index contributed by atoms with van der Waals surface area (Å²) >= 11 is 0. The first kappa shape index (κ1) is 23.1. The summed E-state index contributed by atoms with van der Waals surface area (Å²) in [5.41, 5.74) is 13.4. The molecule has 0 atom stereocenters. The van der Waals surface area contributed by atoms with Gasteiger partial charge in [0.25, 0.3) is 0 Å². The Bertz CT molecular complexity index is 894. The number of nitrogens with zero attached hydrogens (tertiary/aromatic N) is 5. The smallest absolute Gasteiger partial charge is 0.316 e. The van der Waals surface area contributed by atoms with Crippen LogP contribution in [0.4, 0.5) is 27.8 Å². The van der Waals surface area contributed by atoms with Gasteiger partial charge in [-0.3, -0.25) is 0 Å². The lowest BCUT2D eigenvalue weighted by molar-refractivity contribution is 0.122. The number of anilines is 4. The molecule has 0 saturated carbocycles. The van der Waals surface area contributed by atoms with E-state index in [4.69, 9.17) is 16.2 Å². The lowest BCUT2D eigenvalue weighted by atomic mass is 10.2. The fraction of sp³-hybridized carbons (Fsp3) is 0.429. The maximum atomic E-state index is 10.6. The number of benzene rings is 1. The molecular formula is C21H30N8O3. The van der Waals surface area contributed by atoms with E-state index in [0.29, 0.717) is 11.5 Å². The second kappa shape index (κ2) is 11.7. The molecule has 0 unspecified atom stereocenters. The van der Waals surface area contributed by atoms with Gasteiger partial charge in [-0.05, 0) is 37.1 Å². The van der Waals surface area contributed by atoms with Gasteiger partial charge in [-0.1, -0.05) is 5.16 Å². The van der Waals surface area contributed by atoms with Crippen molar-refractivity contribution in [2.24, 2.45) is 10.9 Å². The van der Waals surface area contributed by atoms with E-state index >= 15 is 0 Å². The number of nitrogens with two attached hydrogens (primary N) is 2. The van der Waals surface area contributed by atoms with E-state index in [-0.39, 0.29) is 0 Å². The minimum absolute atomic E-state index is 0.428. The number of aromatic nitrogens is 2. The maximum absolute atomic E-state index is 10.6. The molecule has 2 aliphatic rings. The Morgan fingerprint density at radius 1 is 1.12 bits per heavy atom. The third-order valence-corrected chi connectivity index (χ3v) is 5.10. The molecule has 0 bridgehead atoms. The molecule has 4 rings (SSSR count). The first-order chi connectivity index (χ1) is 15.6. The van der Waals surface area contributed by atoms with Gasteiger partial charge in [0.2, 0.25) is 0 Å². The van der Waals surface area contributed by atoms with Gasteiger partial charge in [-0.2, -0.15) is 0 Å². The summed E-state index contributed by atoms with van der Waals surface area (Å²) in [6.07, 6.45) is 5.41. The molecule has 2 aliphatic heterocycles. The van der Waals surface area contributed by atoms with Gasteiger partial charge in [0.15, 0.2) is 0 Å². The molecule has 2 fully saturated rings. The molecule has 3 heterocycles. The molecule has 2 amide bonds. The summed E-state index contributed by atoms with van der Waals surface area (Å²) in [6.45, 7) is 5.35. The Morgan fingerprint density at radius 3 is 2.44 bits per heavy atom. The predicted molar refractivity (Wildman–Crippen MR) is 125 cm³/mol. The largest absolute Gasteiger partial charge is 0.399 e. The first-order valence-electron chi connectivity index (χ1n) is 10.5. The van der Waals surface area contributed by atoms with Crippen molar-refractivity contribution in [2.45, 2.75) is 12.8 Å². The number of carbonyl (C=O) groups excluding carboxylic acids is 1. The number of amides is 2. The average Bonchev–Trinajstić information content (AvgIpc) is 3.34. The van der Waals surface area contributed by atoms with Crippen LogP contribution in [0.1, 0.15) is 18.4 Å². The van der Waals surface area contributed by atoms with Crippen LogP contribution < -0.4 is 26.6 Å². The third-order valence-electron chi connectivity index (χ3n) is 5.10. The minimum Gasteiger partial charge on any atom is -0.399 e. The van der Waals surface area contributed by atoms with E-state index in [0.717, 1.165) is 56.5 Å². The van der Waals surface area contributed by atoms with Crippen LogP contribution in [0.5, 0.6) is 0 Å². The number of rotatable bonds is 5. The topological polar surface area (TPSA) is 144 Å². The van der Waals surface area contributed by atoms with Crippen LogP contribution in [-0.2, 0) is 9.57 Å². The highest BCUT2D eigenvalue weighted by atomic mass is 16.6. The Hall–Kier alpha value is -3.60. The van der Waals surface area contributed by atoms with Gasteiger partial charge in [0, 0.05) is 37.6 Å². The number of hydrogen-bond acceptors (Lipinski definition) is 9. The zero-order valence-electron chi connectivity index (χ0n) is 18.2. The zero-order chi connectivity index (χ0) is 22.8. The zero-order valence-corrected chi connectivity index (χ0v) is 18.2. The summed E-state index contributed by atoms with van der Waals surface area (Å²) in [7, 11) is 1.49. The molecule has 11 nitrogen and oxygen atoms in total. The van der Waals surface area contributed by atoms with E-state index in [1.54, 1.807) is 6.21 Å². The van der Waals surface area contributed by atoms with Gasteiger partial charge in [-0.25, -0.2) is 14.8 Å². The summed E-state index contributed by atoms with van der Waals surface area (Å²) in [6, 6.07) is 7.08. The summed E-state index contributed by atoms with van der Waals surface area (Å²) in [4.78, 5) is 28.0. The summed E-state index contributed by atoms with van der Waals surface area (Å²) in [5.74, 6) is 1.27. The highest BCUT2D eigenvalue weighted by molar-refractivity contribution is 5.91. The van der Waals surface area contributed by atoms with Crippen LogP contribution in [0.2, 0.25) is 0 Å². The number of nitrogens with one attached hydrogen (secondary N) is 1. The van der Waals surface area contributed by atoms with Gasteiger partial charge >= 0.3 is 6.03 Å². The van der Waals surface area contributed by atoms with Crippen LogP contribution in [0, 0.1) is 0 Å². The van der Waals surface area contributed by atoms with E-state index in [9.17, 15) is 4.79 Å². The van der Waals surface area contributed by atoms with Gasteiger partial charge in [0.1, 0.15) is 25.1 Å². The molecule has 32 heavy (non-hydrogen) atoms. The number of urea groups is 1. The second-order valence-corrected chi connectivity index (χ2v) is 7.24. The van der Waals surface area contributed by atoms with Crippen molar-refractivity contribution in [3.63, 3.8) is 0 Å². The number of oxime groups is 1. The molecule has 11 heteroatoms. The van der Waals surface area contributed by atoms with Gasteiger partial charge in [-0.15, -0.1) is 0 Å². The van der Waals surface area contributed by atoms with E-state index < -0.39 is 6.03 Å². The number of primary amides is 1. The number of nitrogen functional groups attached to an aromatic ring is 1. The third kappa shape index (κ3) is 6.45. The average molecular weight is 443 g/mol. The highest BCUT2D eigenvalue weighted by Crippen LogP contribution is 2.23. The molecule has 2 saturated heterocycles. The number of carbonyl (C=O) groups is 1. The van der Waals surface area contributed by atoms with Crippen molar-refractivity contribution >= 4 is 35.3 Å². The molecule has 1 aromatic heterocycles. The molecule has 0 radical (unpaired) electrons. The van der Waals surface area contributed by atoms with Gasteiger partial charge in [0.05, 0.1) is 25.0 Å². The summed E-state index contributed by atoms with van der Waals surface area (Å²) < 4.78 is 5.28. The standard InChI is InChI=1S/C11H15N3O2.C10H15N5O/c12-11(15)13-9-1-3-10(4-2-9)14-5-7-16-8-6-14;1-16-14-6-8-9(11)12-7-13-10(8)15-4-2-3-5-15/h1-4H,5-8H2,(H3,12,13,15);6-7H,2-5H2,1H3,(H2,11,12,13)/b;14-6+. The van der Waals surface area contributed by atoms with E-state index in [2.05, 4.69) is 35.1 Å². The molecule has 5 N–H and O–H groups in total. The molecule has 0 spiro atoms. The van der Waals surface area contributed by atoms with E-state index in [1.807, 2.05) is 24.3 Å². The van der Waals surface area contributed by atoms with Crippen LogP contribution in [-0.4, -0.2) is 68.7 Å². The molecule has 172 valence electrons. The lowest BCUT2D eigenvalue weighted by Gasteiger charge is -2.28. The fourth-order valence-electron chi connectivity index (χ4n) is 3.53. The molecule has 0 aliphatic carbocycles. The molecule has 2 aromatic rings. The van der Waals surface area contributed by atoms with Crippen molar-refractivity contribution in [3.05, 3.63) is 36.2 Å². The van der Waals surface area contributed by atoms with Crippen LogP contribution in [0.3, 0.4) is 0 Å². The highest BCUT2D eigenvalue weighted by Gasteiger charge is 2.18. The number of hydrogen-bond donors (Lipinski definition) is 3. The Balaban J connectivity index is 0.000000181. The van der Waals surface area contributed by atoms with Crippen molar-refractivity contribution in [3.8, 4) is 0 Å². The minimum atomic E-state index is -0.542. The van der Waals surface area contributed by atoms with Crippen molar-refractivity contribution in [1.82, 2.24) is 9.97 Å². The molecule has 1 aromatic carbocycles. The predicted octanol–water partition coefficient (Wildman–Crippen LogP) is 1.65. The van der Waals surface area contributed by atoms with Crippen molar-refractivity contribution in [1.29, 1.82) is 0 Å². The SMILES string of the molecule is CO/N=C/c1c(N)ncnc1N1CCCC1.NC(=O)Nc1ccc(N2CCOCC2)cc1. The number of morpholine rings is 1. The first-order valence-corrected chi connectivity index (χ1v) is 10.5. The van der Waals surface area contributed by atoms with Gasteiger partial charge < -0.3 is 36.2 Å². The monoisotopic (exact) mass is 442 g/mol. The number of ether oxygens (including phenoxy) is 1. The Morgan fingerprint density at radius 2 is 1.81 bits per heavy atom. The van der Waals surface area contributed by atoms with Crippen molar-refractivity contribution in [2.75, 3.05) is 67.4 Å². The fourth-order valence-corrected chi connectivity index (χ4v) is 3.53. The lowest BCUT2D eigenvalue weighted by Crippen LogP contribution is -2.36. The second-order valence-electron chi connectivity index (χ2n) is 7.24. The normalized spacial score (nSPS) is 15.9. The van der Waals surface area contributed by atoms with Crippen LogP contribution >= 0.6 is 0 Å². The Kier molecular flexibility index (Phi) is 8.44. The maximum Gasteiger partial charge on any atom is 0.316 e. The quantitative estimate of drug-likeness (QED) is 0.468. The van der Waals surface area contributed by atoms with Crippen molar-refractivity contribution < 1.29 is 14.4 Å².